The van der Waals surface area contributed by atoms with Gasteiger partial charge in [-0.1, -0.05) is 31.1 Å². The molecule has 1 aliphatic carbocycles. The quantitative estimate of drug-likeness (QED) is 0.559. The van der Waals surface area contributed by atoms with Gasteiger partial charge in [0.05, 0.1) is 5.56 Å². The number of hydrogen-bond acceptors (Lipinski definition) is 8. The molecule has 0 unspecified atom stereocenters. The lowest BCUT2D eigenvalue weighted by Crippen LogP contribution is -2.48. The van der Waals surface area contributed by atoms with E-state index in [1.807, 2.05) is 25.7 Å². The largest absolute Gasteiger partial charge is 0.399 e. The number of anilines is 2. The Morgan fingerprint density at radius 2 is 1.79 bits per heavy atom. The highest BCUT2D eigenvalue weighted by molar-refractivity contribution is 5.93. The number of nitrogens with two attached hydrogens (primary N) is 1. The molecule has 10 heteroatoms. The van der Waals surface area contributed by atoms with E-state index in [9.17, 15) is 9.18 Å². The highest BCUT2D eigenvalue weighted by Gasteiger charge is 2.40. The molecule has 0 bridgehead atoms. The maximum atomic E-state index is 14.3. The number of nitrogens with zero attached hydrogens (tertiary/aromatic N) is 5. The van der Waals surface area contributed by atoms with Crippen LogP contribution in [-0.4, -0.2) is 51.3 Å². The van der Waals surface area contributed by atoms with Crippen molar-refractivity contribution < 1.29 is 18.2 Å². The monoisotopic (exact) mass is 468 g/mol. The Kier molecular flexibility index (Phi) is 5.53. The first-order valence-electron chi connectivity index (χ1n) is 11.6. The standard InChI is InChI=1S/C24H29FN6O3/c1-24(2,3)22-27-23(34-29-22)30-10-8-16(9-11-30)31(15-5-6-15)21(32)19-13-20(33-28-19)17-7-4-14(26)12-18(17)25/h4,7,12-13,15-16H,5-6,8-11,26H2,1-3H3. The van der Waals surface area contributed by atoms with Gasteiger partial charge in [-0.05, 0) is 43.9 Å². The van der Waals surface area contributed by atoms with E-state index in [1.165, 1.54) is 18.2 Å². The average Bonchev–Trinajstić information content (AvgIpc) is 3.28. The van der Waals surface area contributed by atoms with E-state index in [0.29, 0.717) is 30.6 Å². The van der Waals surface area contributed by atoms with Gasteiger partial charge in [-0.15, -0.1) is 0 Å². The zero-order valence-corrected chi connectivity index (χ0v) is 19.6. The Morgan fingerprint density at radius 3 is 2.41 bits per heavy atom. The summed E-state index contributed by atoms with van der Waals surface area (Å²) in [7, 11) is 0. The normalized spacial score (nSPS) is 17.2. The molecule has 180 valence electrons. The number of halogens is 1. The lowest BCUT2D eigenvalue weighted by Gasteiger charge is -2.37. The van der Waals surface area contributed by atoms with Crippen LogP contribution in [0.4, 0.5) is 16.1 Å². The Labute approximate surface area is 197 Å². The van der Waals surface area contributed by atoms with Crippen molar-refractivity contribution >= 4 is 17.6 Å². The van der Waals surface area contributed by atoms with Crippen LogP contribution in [0, 0.1) is 5.82 Å². The minimum Gasteiger partial charge on any atom is -0.399 e. The van der Waals surface area contributed by atoms with Gasteiger partial charge in [0.15, 0.2) is 17.3 Å². The van der Waals surface area contributed by atoms with Crippen molar-refractivity contribution in [2.45, 2.75) is 64.0 Å². The summed E-state index contributed by atoms with van der Waals surface area (Å²) in [5.41, 5.74) is 6.17. The zero-order chi connectivity index (χ0) is 24.0. The summed E-state index contributed by atoms with van der Waals surface area (Å²) in [6.07, 6.45) is 3.52. The molecule has 0 spiro atoms. The first-order chi connectivity index (χ1) is 16.2. The number of amides is 1. The van der Waals surface area contributed by atoms with Crippen LogP contribution in [0.5, 0.6) is 0 Å². The zero-order valence-electron chi connectivity index (χ0n) is 19.6. The Morgan fingerprint density at radius 1 is 1.09 bits per heavy atom. The lowest BCUT2D eigenvalue weighted by atomic mass is 9.96. The van der Waals surface area contributed by atoms with E-state index in [2.05, 4.69) is 20.2 Å². The summed E-state index contributed by atoms with van der Waals surface area (Å²) >= 11 is 0. The molecule has 9 nitrogen and oxygen atoms in total. The topological polar surface area (TPSA) is 115 Å². The molecule has 1 aromatic carbocycles. The number of nitrogen functional groups attached to an aromatic ring is 1. The fourth-order valence-corrected chi connectivity index (χ4v) is 4.33. The van der Waals surface area contributed by atoms with Gasteiger partial charge in [0.2, 0.25) is 0 Å². The fraction of sp³-hybridized carbons (Fsp3) is 0.500. The first kappa shape index (κ1) is 22.4. The number of carbonyl (C=O) groups is 1. The maximum Gasteiger partial charge on any atom is 0.324 e. The van der Waals surface area contributed by atoms with Crippen LogP contribution in [0.15, 0.2) is 33.3 Å². The van der Waals surface area contributed by atoms with Crippen LogP contribution in [-0.2, 0) is 5.41 Å². The molecule has 2 aromatic heterocycles. The maximum absolute atomic E-state index is 14.3. The van der Waals surface area contributed by atoms with E-state index < -0.39 is 5.82 Å². The summed E-state index contributed by atoms with van der Waals surface area (Å²) in [4.78, 5) is 22.0. The van der Waals surface area contributed by atoms with Crippen LogP contribution in [0.25, 0.3) is 11.3 Å². The second-order valence-corrected chi connectivity index (χ2v) is 10.1. The predicted molar refractivity (Wildman–Crippen MR) is 124 cm³/mol. The van der Waals surface area contributed by atoms with E-state index in [1.54, 1.807) is 6.07 Å². The lowest BCUT2D eigenvalue weighted by molar-refractivity contribution is 0.0619. The molecule has 2 N–H and O–H groups in total. The third-order valence-electron chi connectivity index (χ3n) is 6.38. The van der Waals surface area contributed by atoms with Crippen molar-refractivity contribution in [3.05, 3.63) is 41.6 Å². The van der Waals surface area contributed by atoms with E-state index in [0.717, 1.165) is 25.7 Å². The summed E-state index contributed by atoms with van der Waals surface area (Å²) in [5.74, 6) is 0.188. The van der Waals surface area contributed by atoms with E-state index >= 15 is 0 Å². The molecule has 0 atom stereocenters. The molecule has 3 aromatic rings. The Bertz CT molecular complexity index is 1190. The van der Waals surface area contributed by atoms with Gasteiger partial charge in [0.25, 0.3) is 5.91 Å². The number of rotatable bonds is 5. The molecule has 5 rings (SSSR count). The third kappa shape index (κ3) is 4.36. The highest BCUT2D eigenvalue weighted by atomic mass is 19.1. The predicted octanol–water partition coefficient (Wildman–Crippen LogP) is 4.02. The molecular formula is C24H29FN6O3. The number of hydrogen-bond donors (Lipinski definition) is 1. The summed E-state index contributed by atoms with van der Waals surface area (Å²) in [6, 6.07) is 6.64. The van der Waals surface area contributed by atoms with Gasteiger partial charge in [0, 0.05) is 42.3 Å². The molecule has 1 amide bonds. The van der Waals surface area contributed by atoms with Gasteiger partial charge in [0.1, 0.15) is 5.82 Å². The van der Waals surface area contributed by atoms with Crippen molar-refractivity contribution in [3.63, 3.8) is 0 Å². The van der Waals surface area contributed by atoms with Crippen molar-refractivity contribution in [3.8, 4) is 11.3 Å². The minimum atomic E-state index is -0.516. The fourth-order valence-electron chi connectivity index (χ4n) is 4.33. The third-order valence-corrected chi connectivity index (χ3v) is 6.38. The summed E-state index contributed by atoms with van der Waals surface area (Å²) < 4.78 is 25.1. The van der Waals surface area contributed by atoms with Gasteiger partial charge in [-0.25, -0.2) is 4.39 Å². The molecule has 1 saturated carbocycles. The molecule has 2 aliphatic rings. The number of piperidine rings is 1. The summed E-state index contributed by atoms with van der Waals surface area (Å²) in [5, 5.41) is 8.08. The Balaban J connectivity index is 1.28. The van der Waals surface area contributed by atoms with Crippen molar-refractivity contribution in [2.75, 3.05) is 23.7 Å². The summed E-state index contributed by atoms with van der Waals surface area (Å²) in [6.45, 7) is 7.57. The smallest absolute Gasteiger partial charge is 0.324 e. The first-order valence-corrected chi connectivity index (χ1v) is 11.6. The van der Waals surface area contributed by atoms with Gasteiger partial charge in [-0.3, -0.25) is 4.79 Å². The minimum absolute atomic E-state index is 0.0784. The molecule has 3 heterocycles. The number of benzene rings is 1. The SMILES string of the molecule is CC(C)(C)c1noc(N2CCC(N(C(=O)c3cc(-c4ccc(N)cc4F)on3)C3CC3)CC2)n1. The van der Waals surface area contributed by atoms with E-state index in [-0.39, 0.29) is 40.4 Å². The van der Waals surface area contributed by atoms with Gasteiger partial charge in [-0.2, -0.15) is 4.98 Å². The van der Waals surface area contributed by atoms with Crippen LogP contribution >= 0.6 is 0 Å². The van der Waals surface area contributed by atoms with Crippen LogP contribution in [0.2, 0.25) is 0 Å². The molecular weight excluding hydrogens is 439 g/mol. The van der Waals surface area contributed by atoms with Gasteiger partial charge >= 0.3 is 6.01 Å². The molecule has 34 heavy (non-hydrogen) atoms. The average molecular weight is 469 g/mol. The molecule has 2 fully saturated rings. The van der Waals surface area contributed by atoms with Crippen LogP contribution in [0.3, 0.4) is 0 Å². The highest BCUT2D eigenvalue weighted by Crippen LogP contribution is 2.35. The van der Waals surface area contributed by atoms with E-state index in [4.69, 9.17) is 14.8 Å². The van der Waals surface area contributed by atoms with Gasteiger partial charge < -0.3 is 24.6 Å². The Hall–Kier alpha value is -3.43. The second kappa shape index (κ2) is 8.41. The van der Waals surface area contributed by atoms with Crippen molar-refractivity contribution in [1.82, 2.24) is 20.2 Å². The molecule has 1 saturated heterocycles. The van der Waals surface area contributed by atoms with Crippen LogP contribution < -0.4 is 10.6 Å². The van der Waals surface area contributed by atoms with Crippen molar-refractivity contribution in [2.24, 2.45) is 0 Å². The van der Waals surface area contributed by atoms with Crippen LogP contribution in [0.1, 0.15) is 62.8 Å². The molecule has 0 radical (unpaired) electrons. The number of carbonyl (C=O) groups excluding carboxylic acids is 1. The second-order valence-electron chi connectivity index (χ2n) is 10.1. The van der Waals surface area contributed by atoms with Crippen molar-refractivity contribution in [1.29, 1.82) is 0 Å². The number of aromatic nitrogens is 3. The molecule has 1 aliphatic heterocycles.